The third-order valence-corrected chi connectivity index (χ3v) is 1.64. The van der Waals surface area contributed by atoms with Crippen LogP contribution in [0.1, 0.15) is 33.1 Å². The highest BCUT2D eigenvalue weighted by Crippen LogP contribution is 1.94. The van der Waals surface area contributed by atoms with E-state index in [1.54, 1.807) is 12.2 Å². The standard InChI is InChI=1S/C14H16O/c1-3-5-6-7-8-9-10-11-12-13-14(15)4-2/h3,5,10-11H,4,12-13H2,1-2H3/b5-3+,11-10+. The van der Waals surface area contributed by atoms with Crippen LogP contribution < -0.4 is 0 Å². The van der Waals surface area contributed by atoms with Crippen LogP contribution in [0.25, 0.3) is 0 Å². The highest BCUT2D eigenvalue weighted by molar-refractivity contribution is 5.78. The fourth-order valence-electron chi connectivity index (χ4n) is 0.802. The van der Waals surface area contributed by atoms with Gasteiger partial charge in [0.2, 0.25) is 0 Å². The second kappa shape index (κ2) is 10.4. The molecule has 15 heavy (non-hydrogen) atoms. The summed E-state index contributed by atoms with van der Waals surface area (Å²) in [5.74, 6) is 11.2. The molecule has 0 bridgehead atoms. The Balaban J connectivity index is 3.72. The Morgan fingerprint density at radius 1 is 1.20 bits per heavy atom. The van der Waals surface area contributed by atoms with Crippen molar-refractivity contribution < 1.29 is 4.79 Å². The van der Waals surface area contributed by atoms with Crippen LogP contribution in [0, 0.1) is 23.7 Å². The summed E-state index contributed by atoms with van der Waals surface area (Å²) in [6.07, 6.45) is 9.25. The van der Waals surface area contributed by atoms with Gasteiger partial charge in [0, 0.05) is 12.8 Å². The lowest BCUT2D eigenvalue weighted by Gasteiger charge is -1.89. The Labute approximate surface area is 92.3 Å². The smallest absolute Gasteiger partial charge is 0.132 e. The van der Waals surface area contributed by atoms with Gasteiger partial charge in [0.1, 0.15) is 5.78 Å². The van der Waals surface area contributed by atoms with Crippen LogP contribution in [0.15, 0.2) is 24.3 Å². The van der Waals surface area contributed by atoms with E-state index in [9.17, 15) is 4.79 Å². The summed E-state index contributed by atoms with van der Waals surface area (Å²) >= 11 is 0. The van der Waals surface area contributed by atoms with Crippen molar-refractivity contribution in [3.05, 3.63) is 24.3 Å². The predicted molar refractivity (Wildman–Crippen MR) is 64.0 cm³/mol. The van der Waals surface area contributed by atoms with Gasteiger partial charge < -0.3 is 0 Å². The maximum Gasteiger partial charge on any atom is 0.132 e. The largest absolute Gasteiger partial charge is 0.300 e. The van der Waals surface area contributed by atoms with E-state index in [0.29, 0.717) is 18.6 Å². The summed E-state index contributed by atoms with van der Waals surface area (Å²) < 4.78 is 0. The van der Waals surface area contributed by atoms with E-state index in [4.69, 9.17) is 0 Å². The Morgan fingerprint density at radius 3 is 2.47 bits per heavy atom. The van der Waals surface area contributed by atoms with Gasteiger partial charge in [-0.15, -0.1) is 0 Å². The Hall–Kier alpha value is -1.73. The van der Waals surface area contributed by atoms with E-state index in [1.807, 2.05) is 26.0 Å². The SMILES string of the molecule is C/C=C/C#CC#C/C=C/CCC(=O)CC. The molecule has 0 aromatic carbocycles. The summed E-state index contributed by atoms with van der Waals surface area (Å²) in [5.41, 5.74) is 0. The van der Waals surface area contributed by atoms with Gasteiger partial charge in [-0.1, -0.05) is 30.9 Å². The third-order valence-electron chi connectivity index (χ3n) is 1.64. The van der Waals surface area contributed by atoms with Crippen LogP contribution in [-0.2, 0) is 4.79 Å². The molecule has 0 unspecified atom stereocenters. The molecule has 0 heterocycles. The van der Waals surface area contributed by atoms with Gasteiger partial charge in [-0.3, -0.25) is 4.79 Å². The van der Waals surface area contributed by atoms with E-state index in [2.05, 4.69) is 23.7 Å². The Morgan fingerprint density at radius 2 is 1.87 bits per heavy atom. The molecule has 0 aliphatic heterocycles. The molecule has 1 heteroatoms. The molecule has 0 aliphatic rings. The highest BCUT2D eigenvalue weighted by atomic mass is 16.1. The van der Waals surface area contributed by atoms with Gasteiger partial charge in [-0.2, -0.15) is 0 Å². The predicted octanol–water partition coefficient (Wildman–Crippen LogP) is 2.88. The van der Waals surface area contributed by atoms with Crippen molar-refractivity contribution in [3.63, 3.8) is 0 Å². The van der Waals surface area contributed by atoms with Gasteiger partial charge in [0.25, 0.3) is 0 Å². The number of ketones is 1. The van der Waals surface area contributed by atoms with Gasteiger partial charge in [-0.05, 0) is 37.3 Å². The van der Waals surface area contributed by atoms with E-state index < -0.39 is 0 Å². The van der Waals surface area contributed by atoms with Crippen molar-refractivity contribution in [1.82, 2.24) is 0 Å². The normalized spacial score (nSPS) is 9.47. The zero-order valence-corrected chi connectivity index (χ0v) is 9.34. The number of hydrogen-bond acceptors (Lipinski definition) is 1. The number of Topliss-reactive ketones (excluding diaryl/α,β-unsaturated/α-hetero) is 1. The fraction of sp³-hybridized carbons (Fsp3) is 0.357. The Kier molecular flexibility index (Phi) is 9.16. The first-order valence-electron chi connectivity index (χ1n) is 5.10. The molecule has 0 aliphatic carbocycles. The molecule has 0 N–H and O–H groups in total. The Bertz CT molecular complexity index is 350. The van der Waals surface area contributed by atoms with E-state index in [-0.39, 0.29) is 0 Å². The average molecular weight is 200 g/mol. The molecule has 0 aromatic rings. The zero-order valence-electron chi connectivity index (χ0n) is 9.34. The van der Waals surface area contributed by atoms with Gasteiger partial charge in [-0.25, -0.2) is 0 Å². The fourth-order valence-corrected chi connectivity index (χ4v) is 0.802. The molecule has 78 valence electrons. The molecule has 0 radical (unpaired) electrons. The molecule has 0 saturated heterocycles. The van der Waals surface area contributed by atoms with Crippen molar-refractivity contribution in [3.8, 4) is 23.7 Å². The van der Waals surface area contributed by atoms with Gasteiger partial charge in [0.05, 0.1) is 0 Å². The topological polar surface area (TPSA) is 17.1 Å². The molecular formula is C14H16O. The lowest BCUT2D eigenvalue weighted by molar-refractivity contribution is -0.118. The summed E-state index contributed by atoms with van der Waals surface area (Å²) in [6.45, 7) is 3.79. The van der Waals surface area contributed by atoms with Crippen molar-refractivity contribution >= 4 is 5.78 Å². The van der Waals surface area contributed by atoms with E-state index in [1.165, 1.54) is 0 Å². The molecular weight excluding hydrogens is 184 g/mol. The minimum absolute atomic E-state index is 0.292. The molecule has 0 saturated carbocycles. The van der Waals surface area contributed by atoms with Crippen molar-refractivity contribution in [1.29, 1.82) is 0 Å². The van der Waals surface area contributed by atoms with Crippen LogP contribution in [-0.4, -0.2) is 5.78 Å². The number of hydrogen-bond donors (Lipinski definition) is 0. The second-order valence-corrected chi connectivity index (χ2v) is 2.87. The minimum atomic E-state index is 0.292. The van der Waals surface area contributed by atoms with Crippen LogP contribution >= 0.6 is 0 Å². The first-order chi connectivity index (χ1) is 7.31. The van der Waals surface area contributed by atoms with Crippen LogP contribution in [0.2, 0.25) is 0 Å². The number of allylic oxidation sites excluding steroid dienone is 4. The zero-order chi connectivity index (χ0) is 11.4. The molecule has 0 fully saturated rings. The molecule has 0 rings (SSSR count). The lowest BCUT2D eigenvalue weighted by Crippen LogP contribution is -1.92. The summed E-state index contributed by atoms with van der Waals surface area (Å²) in [5, 5.41) is 0. The lowest BCUT2D eigenvalue weighted by atomic mass is 10.2. The van der Waals surface area contributed by atoms with Crippen LogP contribution in [0.4, 0.5) is 0 Å². The van der Waals surface area contributed by atoms with Crippen molar-refractivity contribution in [2.45, 2.75) is 33.1 Å². The maximum absolute atomic E-state index is 10.9. The second-order valence-electron chi connectivity index (χ2n) is 2.87. The monoisotopic (exact) mass is 200 g/mol. The highest BCUT2D eigenvalue weighted by Gasteiger charge is 1.93. The molecule has 0 amide bonds. The molecule has 0 atom stereocenters. The first kappa shape index (κ1) is 13.3. The third kappa shape index (κ3) is 10.2. The molecule has 1 nitrogen and oxygen atoms in total. The number of carbonyl (C=O) groups is 1. The van der Waals surface area contributed by atoms with Crippen LogP contribution in [0.3, 0.4) is 0 Å². The average Bonchev–Trinajstić information content (AvgIpc) is 2.26. The number of rotatable bonds is 4. The number of carbonyl (C=O) groups excluding carboxylic acids is 1. The van der Waals surface area contributed by atoms with E-state index in [0.717, 1.165) is 6.42 Å². The summed E-state index contributed by atoms with van der Waals surface area (Å²) in [6, 6.07) is 0. The quantitative estimate of drug-likeness (QED) is 0.638. The minimum Gasteiger partial charge on any atom is -0.300 e. The van der Waals surface area contributed by atoms with Gasteiger partial charge in [0.15, 0.2) is 0 Å². The summed E-state index contributed by atoms with van der Waals surface area (Å²) in [7, 11) is 0. The molecule has 0 spiro atoms. The van der Waals surface area contributed by atoms with Crippen molar-refractivity contribution in [2.75, 3.05) is 0 Å². The summed E-state index contributed by atoms with van der Waals surface area (Å²) in [4.78, 5) is 10.9. The van der Waals surface area contributed by atoms with E-state index >= 15 is 0 Å². The van der Waals surface area contributed by atoms with Crippen LogP contribution in [0.5, 0.6) is 0 Å². The van der Waals surface area contributed by atoms with Crippen molar-refractivity contribution in [2.24, 2.45) is 0 Å². The molecule has 0 aromatic heterocycles. The first-order valence-corrected chi connectivity index (χ1v) is 5.10. The maximum atomic E-state index is 10.9. The van der Waals surface area contributed by atoms with Gasteiger partial charge >= 0.3 is 0 Å².